The molecule has 0 saturated carbocycles. The molecule has 0 atom stereocenters. The van der Waals surface area contributed by atoms with Gasteiger partial charge in [-0.15, -0.1) is 0 Å². The quantitative estimate of drug-likeness (QED) is 0.568. The van der Waals surface area contributed by atoms with Crippen LogP contribution in [0, 0.1) is 5.82 Å². The van der Waals surface area contributed by atoms with E-state index in [1.165, 1.54) is 24.3 Å². The maximum atomic E-state index is 13.0. The van der Waals surface area contributed by atoms with E-state index in [4.69, 9.17) is 9.47 Å². The predicted octanol–water partition coefficient (Wildman–Crippen LogP) is 2.21. The maximum Gasteiger partial charge on any atom is 0.276 e. The Hall–Kier alpha value is -3.09. The average molecular weight is 346 g/mol. The van der Waals surface area contributed by atoms with Crippen LogP contribution in [0.2, 0.25) is 0 Å². The van der Waals surface area contributed by atoms with Gasteiger partial charge in [-0.05, 0) is 30.7 Å². The zero-order valence-corrected chi connectivity index (χ0v) is 13.5. The number of amides is 2. The largest absolute Gasteiger partial charge is 0.494 e. The minimum atomic E-state index is -0.543. The van der Waals surface area contributed by atoms with Crippen molar-refractivity contribution in [3.8, 4) is 11.5 Å². The summed E-state index contributed by atoms with van der Waals surface area (Å²) < 4.78 is 23.5. The van der Waals surface area contributed by atoms with E-state index < -0.39 is 11.7 Å². The van der Waals surface area contributed by atoms with Crippen LogP contribution in [0.3, 0.4) is 0 Å². The van der Waals surface area contributed by atoms with E-state index >= 15 is 0 Å². The first-order valence-electron chi connectivity index (χ1n) is 7.77. The lowest BCUT2D eigenvalue weighted by Gasteiger charge is -2.09. The third kappa shape index (κ3) is 7.34. The van der Waals surface area contributed by atoms with Gasteiger partial charge in [0.1, 0.15) is 17.3 Å². The first kappa shape index (κ1) is 18.3. The van der Waals surface area contributed by atoms with Gasteiger partial charge >= 0.3 is 0 Å². The molecule has 132 valence electrons. The lowest BCUT2D eigenvalue weighted by atomic mass is 10.3. The predicted molar refractivity (Wildman–Crippen MR) is 89.4 cm³/mol. The van der Waals surface area contributed by atoms with E-state index in [1.807, 2.05) is 30.3 Å². The Morgan fingerprint density at radius 2 is 1.60 bits per heavy atom. The van der Waals surface area contributed by atoms with E-state index in [2.05, 4.69) is 10.9 Å². The van der Waals surface area contributed by atoms with Gasteiger partial charge in [0.2, 0.25) is 5.91 Å². The fourth-order valence-corrected chi connectivity index (χ4v) is 1.88. The van der Waals surface area contributed by atoms with Gasteiger partial charge in [0, 0.05) is 12.5 Å². The number of halogens is 1. The molecule has 0 heterocycles. The third-order valence-corrected chi connectivity index (χ3v) is 3.07. The molecule has 0 aliphatic heterocycles. The molecule has 0 radical (unpaired) electrons. The summed E-state index contributed by atoms with van der Waals surface area (Å²) in [5.74, 6) is -0.358. The Morgan fingerprint density at radius 1 is 0.880 bits per heavy atom. The van der Waals surface area contributed by atoms with Crippen molar-refractivity contribution in [2.24, 2.45) is 0 Å². The number of benzene rings is 2. The Kier molecular flexibility index (Phi) is 7.24. The monoisotopic (exact) mass is 346 g/mol. The minimum absolute atomic E-state index is 0.206. The Morgan fingerprint density at radius 3 is 2.36 bits per heavy atom. The van der Waals surface area contributed by atoms with Gasteiger partial charge in [-0.25, -0.2) is 4.39 Å². The number of hydrogen-bond acceptors (Lipinski definition) is 4. The number of rotatable bonds is 8. The molecule has 6 nitrogen and oxygen atoms in total. The second kappa shape index (κ2) is 9.92. The fraction of sp³-hybridized carbons (Fsp3) is 0.222. The van der Waals surface area contributed by atoms with Gasteiger partial charge in [-0.1, -0.05) is 24.3 Å². The van der Waals surface area contributed by atoms with E-state index in [1.54, 1.807) is 0 Å². The van der Waals surface area contributed by atoms with E-state index in [-0.39, 0.29) is 24.7 Å². The standard InChI is InChI=1S/C18H19FN2O4/c19-14-6-4-9-16(12-14)25-13-18(23)21-20-17(22)10-5-11-24-15-7-2-1-3-8-15/h1-4,6-9,12H,5,10-11,13H2,(H,20,22)(H,21,23). The van der Waals surface area contributed by atoms with E-state index in [0.29, 0.717) is 13.0 Å². The zero-order valence-electron chi connectivity index (χ0n) is 13.5. The van der Waals surface area contributed by atoms with Gasteiger partial charge in [0.15, 0.2) is 6.61 Å². The fourth-order valence-electron chi connectivity index (χ4n) is 1.88. The Bertz CT molecular complexity index is 694. The smallest absolute Gasteiger partial charge is 0.276 e. The molecule has 2 aromatic carbocycles. The summed E-state index contributed by atoms with van der Waals surface area (Å²) in [7, 11) is 0. The SMILES string of the molecule is O=C(CCCOc1ccccc1)NNC(=O)COc1cccc(F)c1. The van der Waals surface area contributed by atoms with Crippen molar-refractivity contribution in [3.05, 3.63) is 60.4 Å². The van der Waals surface area contributed by atoms with Crippen molar-refractivity contribution in [3.63, 3.8) is 0 Å². The van der Waals surface area contributed by atoms with Crippen molar-refractivity contribution in [2.75, 3.05) is 13.2 Å². The summed E-state index contributed by atoms with van der Waals surface area (Å²) in [6.07, 6.45) is 0.717. The highest BCUT2D eigenvalue weighted by atomic mass is 19.1. The molecule has 2 amide bonds. The summed E-state index contributed by atoms with van der Waals surface area (Å²) in [4.78, 5) is 23.2. The molecule has 7 heteroatoms. The van der Waals surface area contributed by atoms with Crippen LogP contribution in [0.25, 0.3) is 0 Å². The van der Waals surface area contributed by atoms with Crippen LogP contribution in [-0.4, -0.2) is 25.0 Å². The molecule has 0 fully saturated rings. The van der Waals surface area contributed by atoms with Gasteiger partial charge in [-0.3, -0.25) is 20.4 Å². The van der Waals surface area contributed by atoms with E-state index in [9.17, 15) is 14.0 Å². The number of carbonyl (C=O) groups is 2. The highest BCUT2D eigenvalue weighted by Crippen LogP contribution is 2.11. The van der Waals surface area contributed by atoms with Crippen LogP contribution < -0.4 is 20.3 Å². The first-order chi connectivity index (χ1) is 12.1. The van der Waals surface area contributed by atoms with Gasteiger partial charge in [0.05, 0.1) is 6.61 Å². The van der Waals surface area contributed by atoms with Gasteiger partial charge in [0.25, 0.3) is 5.91 Å². The minimum Gasteiger partial charge on any atom is -0.494 e. The van der Waals surface area contributed by atoms with Crippen LogP contribution in [0.15, 0.2) is 54.6 Å². The Labute approximate surface area is 144 Å². The summed E-state index contributed by atoms with van der Waals surface area (Å²) in [6, 6.07) is 14.7. The molecule has 0 saturated heterocycles. The van der Waals surface area contributed by atoms with Crippen molar-refractivity contribution in [1.29, 1.82) is 0 Å². The topological polar surface area (TPSA) is 76.7 Å². The molecular weight excluding hydrogens is 327 g/mol. The lowest BCUT2D eigenvalue weighted by Crippen LogP contribution is -2.43. The van der Waals surface area contributed by atoms with Gasteiger partial charge < -0.3 is 9.47 Å². The molecule has 0 bridgehead atoms. The van der Waals surface area contributed by atoms with Crippen LogP contribution in [0.5, 0.6) is 11.5 Å². The van der Waals surface area contributed by atoms with Crippen molar-refractivity contribution >= 4 is 11.8 Å². The zero-order chi connectivity index (χ0) is 17.9. The number of hydrazine groups is 1. The summed E-state index contributed by atoms with van der Waals surface area (Å²) in [5.41, 5.74) is 4.51. The lowest BCUT2D eigenvalue weighted by molar-refractivity contribution is -0.130. The average Bonchev–Trinajstić information content (AvgIpc) is 2.63. The second-order valence-electron chi connectivity index (χ2n) is 5.11. The van der Waals surface area contributed by atoms with E-state index in [0.717, 1.165) is 5.75 Å². The second-order valence-corrected chi connectivity index (χ2v) is 5.11. The third-order valence-electron chi connectivity index (χ3n) is 3.07. The summed E-state index contributed by atoms with van der Waals surface area (Å²) in [6.45, 7) is 0.0644. The van der Waals surface area contributed by atoms with Crippen molar-refractivity contribution < 1.29 is 23.5 Å². The Balaban J connectivity index is 1.55. The molecule has 2 N–H and O–H groups in total. The van der Waals surface area contributed by atoms with Crippen LogP contribution in [0.1, 0.15) is 12.8 Å². The highest BCUT2D eigenvalue weighted by Gasteiger charge is 2.06. The van der Waals surface area contributed by atoms with Crippen LogP contribution >= 0.6 is 0 Å². The number of hydrogen-bond donors (Lipinski definition) is 2. The van der Waals surface area contributed by atoms with Gasteiger partial charge in [-0.2, -0.15) is 0 Å². The molecule has 0 unspecified atom stereocenters. The molecule has 25 heavy (non-hydrogen) atoms. The summed E-state index contributed by atoms with van der Waals surface area (Å²) in [5, 5.41) is 0. The molecular formula is C18H19FN2O4. The molecule has 0 aromatic heterocycles. The van der Waals surface area contributed by atoms with Crippen LogP contribution in [-0.2, 0) is 9.59 Å². The van der Waals surface area contributed by atoms with Crippen molar-refractivity contribution in [1.82, 2.24) is 10.9 Å². The normalized spacial score (nSPS) is 9.96. The number of carbonyl (C=O) groups excluding carboxylic acids is 2. The maximum absolute atomic E-state index is 13.0. The molecule has 0 aliphatic rings. The molecule has 0 spiro atoms. The number of para-hydroxylation sites is 1. The number of ether oxygens (including phenoxy) is 2. The molecule has 2 rings (SSSR count). The number of nitrogens with one attached hydrogen (secondary N) is 2. The van der Waals surface area contributed by atoms with Crippen molar-refractivity contribution in [2.45, 2.75) is 12.8 Å². The van der Waals surface area contributed by atoms with Crippen LogP contribution in [0.4, 0.5) is 4.39 Å². The molecule has 0 aliphatic carbocycles. The summed E-state index contributed by atoms with van der Waals surface area (Å²) >= 11 is 0. The molecule has 2 aromatic rings. The first-order valence-corrected chi connectivity index (χ1v) is 7.77. The highest BCUT2D eigenvalue weighted by molar-refractivity contribution is 5.82.